The first kappa shape index (κ1) is 11.6. The minimum atomic E-state index is -4.58. The summed E-state index contributed by atoms with van der Waals surface area (Å²) < 4.78 is 36.9. The van der Waals surface area contributed by atoms with Crippen molar-refractivity contribution in [2.45, 2.75) is 12.8 Å². The van der Waals surface area contributed by atoms with Crippen molar-refractivity contribution in [3.8, 4) is 0 Å². The van der Waals surface area contributed by atoms with Gasteiger partial charge in [0, 0.05) is 0 Å². The summed E-state index contributed by atoms with van der Waals surface area (Å²) in [6, 6.07) is 2.08. The Balaban J connectivity index is 3.33. The number of aliphatic hydroxyl groups is 1. The molecular weight excluding hydrogens is 240 g/mol. The quantitative estimate of drug-likeness (QED) is 0.802. The van der Waals surface area contributed by atoms with Crippen molar-refractivity contribution in [2.75, 3.05) is 0 Å². The minimum absolute atomic E-state index is 0.244. The Bertz CT molecular complexity index is 326. The molecule has 1 nitrogen and oxygen atoms in total. The minimum Gasteiger partial charge on any atom is -0.392 e. The van der Waals surface area contributed by atoms with Crippen LogP contribution in [0.15, 0.2) is 12.1 Å². The summed E-state index contributed by atoms with van der Waals surface area (Å²) >= 11 is 10.8. The van der Waals surface area contributed by atoms with Gasteiger partial charge in [0.2, 0.25) is 0 Å². The van der Waals surface area contributed by atoms with Gasteiger partial charge in [0.05, 0.1) is 22.2 Å². The Hall–Kier alpha value is -0.450. The smallest absolute Gasteiger partial charge is 0.392 e. The molecule has 0 atom stereocenters. The van der Waals surface area contributed by atoms with Gasteiger partial charge in [-0.25, -0.2) is 0 Å². The molecule has 0 unspecified atom stereocenters. The number of benzene rings is 1. The molecule has 0 amide bonds. The van der Waals surface area contributed by atoms with E-state index in [1.165, 1.54) is 0 Å². The summed E-state index contributed by atoms with van der Waals surface area (Å²) in [5, 5.41) is 7.67. The first-order chi connectivity index (χ1) is 6.36. The van der Waals surface area contributed by atoms with Crippen LogP contribution >= 0.6 is 23.2 Å². The standard InChI is InChI=1S/C8H5Cl2F3O/c9-5-1-4(3-14)2-6(10)7(5)8(11,12)13/h1-2,14H,3H2. The van der Waals surface area contributed by atoms with Crippen LogP contribution in [0, 0.1) is 0 Å². The summed E-state index contributed by atoms with van der Waals surface area (Å²) in [6.07, 6.45) is -4.58. The third-order valence-electron chi connectivity index (χ3n) is 1.57. The number of hydrogen-bond acceptors (Lipinski definition) is 1. The first-order valence-corrected chi connectivity index (χ1v) is 4.28. The summed E-state index contributed by atoms with van der Waals surface area (Å²) in [4.78, 5) is 0. The maximum absolute atomic E-state index is 12.3. The van der Waals surface area contributed by atoms with E-state index in [0.717, 1.165) is 12.1 Å². The van der Waals surface area contributed by atoms with Crippen LogP contribution in [0.3, 0.4) is 0 Å². The third kappa shape index (κ3) is 2.32. The Morgan fingerprint density at radius 2 is 1.57 bits per heavy atom. The lowest BCUT2D eigenvalue weighted by molar-refractivity contribution is -0.137. The van der Waals surface area contributed by atoms with Gasteiger partial charge in [-0.2, -0.15) is 13.2 Å². The van der Waals surface area contributed by atoms with Crippen LogP contribution in [0.1, 0.15) is 11.1 Å². The zero-order valence-electron chi connectivity index (χ0n) is 6.70. The molecule has 1 aromatic rings. The summed E-state index contributed by atoms with van der Waals surface area (Å²) in [5.41, 5.74) is -0.828. The summed E-state index contributed by atoms with van der Waals surface area (Å²) in [6.45, 7) is -0.405. The average Bonchev–Trinajstić information content (AvgIpc) is 1.99. The molecule has 6 heteroatoms. The number of hydrogen-bond donors (Lipinski definition) is 1. The lowest BCUT2D eigenvalue weighted by Crippen LogP contribution is -2.07. The molecule has 0 aromatic heterocycles. The van der Waals surface area contributed by atoms with Crippen molar-refractivity contribution < 1.29 is 18.3 Å². The Kier molecular flexibility index (Phi) is 3.29. The van der Waals surface area contributed by atoms with Crippen LogP contribution in [-0.4, -0.2) is 5.11 Å². The number of rotatable bonds is 1. The van der Waals surface area contributed by atoms with E-state index >= 15 is 0 Å². The molecule has 0 saturated heterocycles. The maximum atomic E-state index is 12.3. The zero-order chi connectivity index (χ0) is 10.9. The fourth-order valence-electron chi connectivity index (χ4n) is 0.988. The molecule has 0 radical (unpaired) electrons. The Morgan fingerprint density at radius 3 is 1.86 bits per heavy atom. The molecule has 0 spiro atoms. The van der Waals surface area contributed by atoms with E-state index < -0.39 is 28.4 Å². The van der Waals surface area contributed by atoms with Crippen LogP contribution < -0.4 is 0 Å². The highest BCUT2D eigenvalue weighted by atomic mass is 35.5. The molecule has 0 fully saturated rings. The second kappa shape index (κ2) is 3.96. The molecule has 0 aliphatic carbocycles. The van der Waals surface area contributed by atoms with E-state index in [9.17, 15) is 13.2 Å². The first-order valence-electron chi connectivity index (χ1n) is 3.52. The maximum Gasteiger partial charge on any atom is 0.419 e. The molecule has 0 aliphatic heterocycles. The van der Waals surface area contributed by atoms with Gasteiger partial charge in [-0.15, -0.1) is 0 Å². The molecule has 0 saturated carbocycles. The fraction of sp³-hybridized carbons (Fsp3) is 0.250. The predicted molar refractivity (Wildman–Crippen MR) is 47.4 cm³/mol. The molecule has 0 aliphatic rings. The molecule has 1 rings (SSSR count). The molecule has 1 N–H and O–H groups in total. The van der Waals surface area contributed by atoms with Crippen molar-refractivity contribution >= 4 is 23.2 Å². The summed E-state index contributed by atoms with van der Waals surface area (Å²) in [7, 11) is 0. The molecule has 0 heterocycles. The highest BCUT2D eigenvalue weighted by Crippen LogP contribution is 2.40. The largest absolute Gasteiger partial charge is 0.419 e. The number of aliphatic hydroxyl groups excluding tert-OH is 1. The van der Waals surface area contributed by atoms with Gasteiger partial charge < -0.3 is 5.11 Å². The van der Waals surface area contributed by atoms with Crippen molar-refractivity contribution in [2.24, 2.45) is 0 Å². The van der Waals surface area contributed by atoms with Crippen molar-refractivity contribution in [1.29, 1.82) is 0 Å². The van der Waals surface area contributed by atoms with E-state index in [-0.39, 0.29) is 5.56 Å². The van der Waals surface area contributed by atoms with Gasteiger partial charge in [-0.3, -0.25) is 0 Å². The van der Waals surface area contributed by atoms with Crippen LogP contribution in [0.2, 0.25) is 10.0 Å². The topological polar surface area (TPSA) is 20.2 Å². The van der Waals surface area contributed by atoms with E-state index in [2.05, 4.69) is 0 Å². The highest BCUT2D eigenvalue weighted by molar-refractivity contribution is 6.36. The van der Waals surface area contributed by atoms with E-state index in [0.29, 0.717) is 0 Å². The van der Waals surface area contributed by atoms with Crippen molar-refractivity contribution in [3.05, 3.63) is 33.3 Å². The van der Waals surface area contributed by atoms with Gasteiger partial charge in [-0.05, 0) is 17.7 Å². The number of halogens is 5. The lowest BCUT2D eigenvalue weighted by Gasteiger charge is -2.11. The van der Waals surface area contributed by atoms with Crippen molar-refractivity contribution in [3.63, 3.8) is 0 Å². The Labute approximate surface area is 88.1 Å². The molecule has 78 valence electrons. The molecule has 14 heavy (non-hydrogen) atoms. The van der Waals surface area contributed by atoms with Crippen LogP contribution in [0.4, 0.5) is 13.2 Å². The SMILES string of the molecule is OCc1cc(Cl)c(C(F)(F)F)c(Cl)c1. The fourth-order valence-corrected chi connectivity index (χ4v) is 1.73. The van der Waals surface area contributed by atoms with E-state index in [4.69, 9.17) is 28.3 Å². The van der Waals surface area contributed by atoms with Gasteiger partial charge in [0.1, 0.15) is 0 Å². The van der Waals surface area contributed by atoms with E-state index in [1.54, 1.807) is 0 Å². The van der Waals surface area contributed by atoms with Gasteiger partial charge >= 0.3 is 6.18 Å². The second-order valence-electron chi connectivity index (χ2n) is 2.59. The second-order valence-corrected chi connectivity index (χ2v) is 3.40. The van der Waals surface area contributed by atoms with Gasteiger partial charge in [0.25, 0.3) is 0 Å². The average molecular weight is 245 g/mol. The molecular formula is C8H5Cl2F3O. The third-order valence-corrected chi connectivity index (χ3v) is 2.16. The van der Waals surface area contributed by atoms with Crippen LogP contribution in [0.5, 0.6) is 0 Å². The van der Waals surface area contributed by atoms with Crippen molar-refractivity contribution in [1.82, 2.24) is 0 Å². The normalized spacial score (nSPS) is 11.9. The molecule has 1 aromatic carbocycles. The monoisotopic (exact) mass is 244 g/mol. The van der Waals surface area contributed by atoms with Crippen LogP contribution in [0.25, 0.3) is 0 Å². The van der Waals surface area contributed by atoms with Crippen LogP contribution in [-0.2, 0) is 12.8 Å². The number of alkyl halides is 3. The van der Waals surface area contributed by atoms with Gasteiger partial charge in [0.15, 0.2) is 0 Å². The lowest BCUT2D eigenvalue weighted by atomic mass is 10.1. The zero-order valence-corrected chi connectivity index (χ0v) is 8.21. The highest BCUT2D eigenvalue weighted by Gasteiger charge is 2.35. The summed E-state index contributed by atoms with van der Waals surface area (Å²) in [5.74, 6) is 0. The van der Waals surface area contributed by atoms with E-state index in [1.807, 2.05) is 0 Å². The van der Waals surface area contributed by atoms with Gasteiger partial charge in [-0.1, -0.05) is 23.2 Å². The molecule has 0 bridgehead atoms. The predicted octanol–water partition coefficient (Wildman–Crippen LogP) is 3.50. The Morgan fingerprint density at radius 1 is 1.14 bits per heavy atom.